The Balaban J connectivity index is 2.64. The third-order valence-electron chi connectivity index (χ3n) is 1.84. The molecule has 0 unspecified atom stereocenters. The monoisotopic (exact) mass is 271 g/mol. The van der Waals surface area contributed by atoms with Gasteiger partial charge in [-0.2, -0.15) is 0 Å². The number of hydrogen-bond acceptors (Lipinski definition) is 4. The maximum absolute atomic E-state index is 13.4. The van der Waals surface area contributed by atoms with E-state index in [1.165, 1.54) is 12.1 Å². The summed E-state index contributed by atoms with van der Waals surface area (Å²) in [7, 11) is 0. The smallest absolute Gasteiger partial charge is 0.318 e. The molecule has 0 heterocycles. The maximum Gasteiger partial charge on any atom is 0.318 e. The second-order valence-electron chi connectivity index (χ2n) is 3.21. The molecule has 3 amide bonds. The number of thiocarbonyl (C=S) groups is 1. The summed E-state index contributed by atoms with van der Waals surface area (Å²) in [6.07, 6.45) is 0. The van der Waals surface area contributed by atoms with Crippen LogP contribution in [0.2, 0.25) is 0 Å². The van der Waals surface area contributed by atoms with Crippen molar-refractivity contribution < 1.29 is 18.7 Å². The van der Waals surface area contributed by atoms with Crippen molar-refractivity contribution in [2.24, 2.45) is 11.5 Å². The number of amides is 3. The number of ether oxygens (including phenoxy) is 1. The number of carbonyl (C=O) groups excluding carboxylic acids is 2. The summed E-state index contributed by atoms with van der Waals surface area (Å²) in [5.74, 6) is -1.29. The Hall–Kier alpha value is -2.22. The summed E-state index contributed by atoms with van der Waals surface area (Å²) in [5, 5.41) is 1.80. The van der Waals surface area contributed by atoms with Crippen LogP contribution < -0.4 is 21.5 Å². The fourth-order valence-electron chi connectivity index (χ4n) is 1.11. The molecule has 1 aromatic carbocycles. The lowest BCUT2D eigenvalue weighted by Gasteiger charge is -2.07. The van der Waals surface area contributed by atoms with Crippen molar-refractivity contribution in [3.05, 3.63) is 29.6 Å². The normalized spacial score (nSPS) is 9.61. The zero-order valence-corrected chi connectivity index (χ0v) is 9.92. The van der Waals surface area contributed by atoms with Crippen LogP contribution in [0, 0.1) is 5.82 Å². The van der Waals surface area contributed by atoms with Gasteiger partial charge in [0.25, 0.3) is 5.91 Å². The third-order valence-corrected chi connectivity index (χ3v) is 2.06. The van der Waals surface area contributed by atoms with Gasteiger partial charge < -0.3 is 16.2 Å². The van der Waals surface area contributed by atoms with Crippen molar-refractivity contribution in [3.8, 4) is 5.75 Å². The molecule has 0 saturated carbocycles. The van der Waals surface area contributed by atoms with E-state index >= 15 is 0 Å². The molecule has 6 nitrogen and oxygen atoms in total. The van der Waals surface area contributed by atoms with Gasteiger partial charge in [-0.15, -0.1) is 0 Å². The highest BCUT2D eigenvalue weighted by molar-refractivity contribution is 7.80. The number of benzene rings is 1. The van der Waals surface area contributed by atoms with Gasteiger partial charge in [-0.25, -0.2) is 9.18 Å². The molecule has 0 aliphatic heterocycles. The van der Waals surface area contributed by atoms with Crippen molar-refractivity contribution in [3.63, 3.8) is 0 Å². The van der Waals surface area contributed by atoms with Gasteiger partial charge in [0, 0.05) is 11.6 Å². The summed E-state index contributed by atoms with van der Waals surface area (Å²) in [6, 6.07) is 2.78. The van der Waals surface area contributed by atoms with Crippen LogP contribution in [0.3, 0.4) is 0 Å². The van der Waals surface area contributed by atoms with E-state index in [1.54, 1.807) is 5.32 Å². The number of nitrogens with two attached hydrogens (primary N) is 2. The van der Waals surface area contributed by atoms with Gasteiger partial charge in [0.05, 0.1) is 0 Å². The quantitative estimate of drug-likeness (QED) is 0.670. The van der Waals surface area contributed by atoms with Crippen molar-refractivity contribution in [1.29, 1.82) is 0 Å². The van der Waals surface area contributed by atoms with Crippen molar-refractivity contribution in [1.82, 2.24) is 5.32 Å². The predicted octanol–water partition coefficient (Wildman–Crippen LogP) is 0.0336. The zero-order valence-electron chi connectivity index (χ0n) is 9.10. The average Bonchev–Trinajstić information content (AvgIpc) is 2.25. The molecule has 8 heteroatoms. The molecule has 96 valence electrons. The SMILES string of the molecule is NC(=O)NC(=O)COc1ccc(C(N)=S)c(F)c1. The van der Waals surface area contributed by atoms with Crippen LogP contribution in [0.5, 0.6) is 5.75 Å². The Morgan fingerprint density at radius 1 is 1.39 bits per heavy atom. The minimum Gasteiger partial charge on any atom is -0.484 e. The first-order chi connectivity index (χ1) is 8.40. The number of carbonyl (C=O) groups is 2. The highest BCUT2D eigenvalue weighted by Gasteiger charge is 2.09. The lowest BCUT2D eigenvalue weighted by molar-refractivity contribution is -0.121. The van der Waals surface area contributed by atoms with Gasteiger partial charge in [-0.05, 0) is 12.1 Å². The lowest BCUT2D eigenvalue weighted by atomic mass is 10.2. The van der Waals surface area contributed by atoms with Crippen LogP contribution in [0.4, 0.5) is 9.18 Å². The Morgan fingerprint density at radius 2 is 2.06 bits per heavy atom. The van der Waals surface area contributed by atoms with Gasteiger partial charge in [0.1, 0.15) is 16.6 Å². The number of hydrogen-bond donors (Lipinski definition) is 3. The molecule has 0 radical (unpaired) electrons. The van der Waals surface area contributed by atoms with Crippen LogP contribution in [-0.2, 0) is 4.79 Å². The molecule has 5 N–H and O–H groups in total. The number of nitrogens with one attached hydrogen (secondary N) is 1. The van der Waals surface area contributed by atoms with Crippen molar-refractivity contribution in [2.75, 3.05) is 6.61 Å². The van der Waals surface area contributed by atoms with Crippen LogP contribution in [0.15, 0.2) is 18.2 Å². The molecular weight excluding hydrogens is 261 g/mol. The van der Waals surface area contributed by atoms with Gasteiger partial charge in [0.15, 0.2) is 6.61 Å². The number of rotatable bonds is 4. The van der Waals surface area contributed by atoms with E-state index < -0.39 is 24.4 Å². The molecule has 1 rings (SSSR count). The van der Waals surface area contributed by atoms with Gasteiger partial charge >= 0.3 is 6.03 Å². The molecule has 0 aromatic heterocycles. The molecule has 0 saturated heterocycles. The highest BCUT2D eigenvalue weighted by atomic mass is 32.1. The Bertz CT molecular complexity index is 507. The first-order valence-electron chi connectivity index (χ1n) is 4.71. The summed E-state index contributed by atoms with van der Waals surface area (Å²) in [4.78, 5) is 21.3. The van der Waals surface area contributed by atoms with E-state index in [-0.39, 0.29) is 16.3 Å². The van der Waals surface area contributed by atoms with Gasteiger partial charge in [0.2, 0.25) is 0 Å². The van der Waals surface area contributed by atoms with Crippen molar-refractivity contribution in [2.45, 2.75) is 0 Å². The molecule has 0 spiro atoms. The second kappa shape index (κ2) is 5.92. The number of primary amides is 1. The second-order valence-corrected chi connectivity index (χ2v) is 3.65. The number of halogens is 1. The fourth-order valence-corrected chi connectivity index (χ4v) is 1.27. The van der Waals surface area contributed by atoms with Crippen molar-refractivity contribution >= 4 is 29.1 Å². The van der Waals surface area contributed by atoms with E-state index in [4.69, 9.17) is 16.2 Å². The molecule has 1 aromatic rings. The first-order valence-corrected chi connectivity index (χ1v) is 5.12. The number of urea groups is 1. The van der Waals surface area contributed by atoms with Crippen LogP contribution in [0.1, 0.15) is 5.56 Å². The highest BCUT2D eigenvalue weighted by Crippen LogP contribution is 2.16. The maximum atomic E-state index is 13.4. The number of imide groups is 1. The van der Waals surface area contributed by atoms with Gasteiger partial charge in [-0.1, -0.05) is 12.2 Å². The van der Waals surface area contributed by atoms with E-state index in [0.717, 1.165) is 6.07 Å². The standard InChI is InChI=1S/C10H10FN3O3S/c11-7-3-5(1-2-6(7)9(12)18)17-4-8(15)14-10(13)16/h1-3H,4H2,(H2,12,18)(H3,13,14,15,16). The molecular formula is C10H10FN3O3S. The van der Waals surface area contributed by atoms with Crippen LogP contribution in [0.25, 0.3) is 0 Å². The molecule has 0 bridgehead atoms. The Kier molecular flexibility index (Phi) is 4.55. The molecule has 0 atom stereocenters. The summed E-state index contributed by atoms with van der Waals surface area (Å²) >= 11 is 4.63. The molecule has 0 fully saturated rings. The molecule has 0 aliphatic carbocycles. The summed E-state index contributed by atoms with van der Waals surface area (Å²) in [6.45, 7) is -0.463. The molecule has 18 heavy (non-hydrogen) atoms. The fraction of sp³-hybridized carbons (Fsp3) is 0.100. The Labute approximate surface area is 107 Å². The predicted molar refractivity (Wildman–Crippen MR) is 65.5 cm³/mol. The summed E-state index contributed by atoms with van der Waals surface area (Å²) < 4.78 is 18.4. The Morgan fingerprint density at radius 3 is 2.56 bits per heavy atom. The largest absolute Gasteiger partial charge is 0.484 e. The summed E-state index contributed by atoms with van der Waals surface area (Å²) in [5.41, 5.74) is 10.1. The van der Waals surface area contributed by atoms with E-state index in [9.17, 15) is 14.0 Å². The van der Waals surface area contributed by atoms with Crippen LogP contribution in [-0.4, -0.2) is 23.5 Å². The third kappa shape index (κ3) is 3.98. The van der Waals surface area contributed by atoms with E-state index in [1.807, 2.05) is 0 Å². The zero-order chi connectivity index (χ0) is 13.7. The lowest BCUT2D eigenvalue weighted by Crippen LogP contribution is -2.38. The van der Waals surface area contributed by atoms with E-state index in [0.29, 0.717) is 0 Å². The average molecular weight is 271 g/mol. The minimum absolute atomic E-state index is 0.0782. The molecule has 0 aliphatic rings. The van der Waals surface area contributed by atoms with E-state index in [2.05, 4.69) is 12.2 Å². The first kappa shape index (κ1) is 13.8. The van der Waals surface area contributed by atoms with Gasteiger partial charge in [-0.3, -0.25) is 10.1 Å². The van der Waals surface area contributed by atoms with Crippen LogP contribution >= 0.6 is 12.2 Å². The topological polar surface area (TPSA) is 107 Å². The minimum atomic E-state index is -0.987.